The van der Waals surface area contributed by atoms with Crippen LogP contribution in [-0.4, -0.2) is 21.0 Å². The van der Waals surface area contributed by atoms with Gasteiger partial charge in [-0.3, -0.25) is 0 Å². The summed E-state index contributed by atoms with van der Waals surface area (Å²) in [6, 6.07) is 6.80. The van der Waals surface area contributed by atoms with Gasteiger partial charge in [0, 0.05) is 5.56 Å². The van der Waals surface area contributed by atoms with E-state index in [1.807, 2.05) is 6.07 Å². The maximum absolute atomic E-state index is 9.36. The number of hydrogen-bond acceptors (Lipinski definition) is 5. The lowest BCUT2D eigenvalue weighted by atomic mass is 10.2. The molecule has 0 bridgehead atoms. The summed E-state index contributed by atoms with van der Waals surface area (Å²) in [5.41, 5.74) is 0.740. The minimum absolute atomic E-state index is 0.197. The lowest BCUT2D eigenvalue weighted by molar-refractivity contribution is 0.424. The summed E-state index contributed by atoms with van der Waals surface area (Å²) in [5, 5.41) is 13.3. The van der Waals surface area contributed by atoms with Crippen molar-refractivity contribution >= 4 is 11.8 Å². The third kappa shape index (κ3) is 3.23. The van der Waals surface area contributed by atoms with E-state index in [0.717, 1.165) is 23.5 Å². The predicted octanol–water partition coefficient (Wildman–Crippen LogP) is 3.09. The second-order valence-electron chi connectivity index (χ2n) is 3.62. The average Bonchev–Trinajstić information content (AvgIpc) is 2.78. The van der Waals surface area contributed by atoms with E-state index < -0.39 is 0 Å². The first-order valence-corrected chi connectivity index (χ1v) is 6.65. The molecular weight excluding hydrogens is 236 g/mol. The largest absolute Gasteiger partial charge is 0.508 e. The van der Waals surface area contributed by atoms with Crippen molar-refractivity contribution in [2.75, 3.05) is 5.75 Å². The van der Waals surface area contributed by atoms with E-state index in [1.165, 1.54) is 0 Å². The van der Waals surface area contributed by atoms with Crippen LogP contribution in [0, 0.1) is 0 Å². The number of aromatic hydroxyl groups is 1. The maximum atomic E-state index is 9.36. The highest BCUT2D eigenvalue weighted by Crippen LogP contribution is 2.22. The monoisotopic (exact) mass is 250 g/mol. The van der Waals surface area contributed by atoms with Gasteiger partial charge in [0.05, 0.1) is 5.75 Å². The second-order valence-corrected chi connectivity index (χ2v) is 4.72. The van der Waals surface area contributed by atoms with Gasteiger partial charge < -0.3 is 9.63 Å². The third-order valence-electron chi connectivity index (χ3n) is 2.14. The molecule has 0 aliphatic carbocycles. The molecule has 0 radical (unpaired) electrons. The fraction of sp³-hybridized carbons (Fsp3) is 0.333. The second kappa shape index (κ2) is 5.72. The SMILES string of the molecule is CCCSCc1noc(-c2cccc(O)c2)n1. The van der Waals surface area contributed by atoms with Crippen molar-refractivity contribution in [3.63, 3.8) is 0 Å². The number of nitrogens with zero attached hydrogens (tertiary/aromatic N) is 2. The predicted molar refractivity (Wildman–Crippen MR) is 67.9 cm³/mol. The van der Waals surface area contributed by atoms with E-state index in [0.29, 0.717) is 11.7 Å². The summed E-state index contributed by atoms with van der Waals surface area (Å²) >= 11 is 1.78. The Kier molecular flexibility index (Phi) is 4.03. The quantitative estimate of drug-likeness (QED) is 0.826. The van der Waals surface area contributed by atoms with Gasteiger partial charge in [0.25, 0.3) is 5.89 Å². The highest BCUT2D eigenvalue weighted by Gasteiger charge is 2.08. The van der Waals surface area contributed by atoms with Crippen LogP contribution in [0.5, 0.6) is 5.75 Å². The molecule has 1 aromatic heterocycles. The van der Waals surface area contributed by atoms with Crippen LogP contribution in [0.3, 0.4) is 0 Å². The van der Waals surface area contributed by atoms with Crippen LogP contribution in [0.1, 0.15) is 19.2 Å². The Bertz CT molecular complexity index is 485. The molecule has 0 saturated heterocycles. The molecule has 4 nitrogen and oxygen atoms in total. The molecule has 2 aromatic rings. The van der Waals surface area contributed by atoms with Gasteiger partial charge in [0.2, 0.25) is 0 Å². The summed E-state index contributed by atoms with van der Waals surface area (Å²) in [6.45, 7) is 2.14. The Hall–Kier alpha value is -1.49. The van der Waals surface area contributed by atoms with E-state index in [1.54, 1.807) is 30.0 Å². The molecule has 2 rings (SSSR count). The summed E-state index contributed by atoms with van der Waals surface area (Å²) in [7, 11) is 0. The van der Waals surface area contributed by atoms with E-state index in [2.05, 4.69) is 17.1 Å². The van der Waals surface area contributed by atoms with E-state index in [-0.39, 0.29) is 5.75 Å². The van der Waals surface area contributed by atoms with Crippen LogP contribution in [-0.2, 0) is 5.75 Å². The summed E-state index contributed by atoms with van der Waals surface area (Å²) in [6.07, 6.45) is 1.14. The number of hydrogen-bond donors (Lipinski definition) is 1. The molecule has 0 saturated carbocycles. The van der Waals surface area contributed by atoms with E-state index in [9.17, 15) is 5.11 Å². The lowest BCUT2D eigenvalue weighted by Gasteiger charge is -1.94. The fourth-order valence-electron chi connectivity index (χ4n) is 1.38. The first-order chi connectivity index (χ1) is 8.29. The molecule has 0 amide bonds. The highest BCUT2D eigenvalue weighted by atomic mass is 32.2. The molecule has 0 fully saturated rings. The minimum Gasteiger partial charge on any atom is -0.508 e. The topological polar surface area (TPSA) is 59.2 Å². The van der Waals surface area contributed by atoms with Crippen molar-refractivity contribution in [3.8, 4) is 17.2 Å². The van der Waals surface area contributed by atoms with E-state index >= 15 is 0 Å². The van der Waals surface area contributed by atoms with Crippen molar-refractivity contribution in [2.45, 2.75) is 19.1 Å². The molecule has 90 valence electrons. The van der Waals surface area contributed by atoms with Crippen molar-refractivity contribution in [3.05, 3.63) is 30.1 Å². The van der Waals surface area contributed by atoms with Crippen LogP contribution in [0.15, 0.2) is 28.8 Å². The summed E-state index contributed by atoms with van der Waals surface area (Å²) in [5.74, 6) is 3.20. The van der Waals surface area contributed by atoms with Crippen molar-refractivity contribution < 1.29 is 9.63 Å². The first-order valence-electron chi connectivity index (χ1n) is 5.49. The van der Waals surface area contributed by atoms with Crippen LogP contribution in [0.4, 0.5) is 0 Å². The Balaban J connectivity index is 2.07. The van der Waals surface area contributed by atoms with Gasteiger partial charge in [-0.1, -0.05) is 18.1 Å². The van der Waals surface area contributed by atoms with Gasteiger partial charge in [0.15, 0.2) is 5.82 Å². The smallest absolute Gasteiger partial charge is 0.258 e. The molecule has 5 heteroatoms. The number of phenolic OH excluding ortho intramolecular Hbond substituents is 1. The summed E-state index contributed by atoms with van der Waals surface area (Å²) in [4.78, 5) is 4.28. The zero-order valence-corrected chi connectivity index (χ0v) is 10.4. The van der Waals surface area contributed by atoms with Crippen LogP contribution < -0.4 is 0 Å². The van der Waals surface area contributed by atoms with Gasteiger partial charge in [-0.2, -0.15) is 16.7 Å². The molecular formula is C12H14N2O2S. The van der Waals surface area contributed by atoms with Crippen molar-refractivity contribution in [1.29, 1.82) is 0 Å². The Labute approximate surface area is 104 Å². The van der Waals surface area contributed by atoms with Crippen LogP contribution in [0.2, 0.25) is 0 Å². The Morgan fingerprint density at radius 2 is 2.29 bits per heavy atom. The van der Waals surface area contributed by atoms with Gasteiger partial charge in [-0.15, -0.1) is 0 Å². The number of thioether (sulfide) groups is 1. The van der Waals surface area contributed by atoms with Crippen molar-refractivity contribution in [2.24, 2.45) is 0 Å². The van der Waals surface area contributed by atoms with Gasteiger partial charge in [-0.05, 0) is 30.4 Å². The molecule has 1 aromatic carbocycles. The number of phenols is 1. The first kappa shape index (κ1) is 12.0. The lowest BCUT2D eigenvalue weighted by Crippen LogP contribution is -1.85. The number of aromatic nitrogens is 2. The van der Waals surface area contributed by atoms with Crippen molar-refractivity contribution in [1.82, 2.24) is 10.1 Å². The fourth-order valence-corrected chi connectivity index (χ4v) is 2.11. The van der Waals surface area contributed by atoms with E-state index in [4.69, 9.17) is 4.52 Å². The average molecular weight is 250 g/mol. The highest BCUT2D eigenvalue weighted by molar-refractivity contribution is 7.98. The van der Waals surface area contributed by atoms with Crippen LogP contribution in [0.25, 0.3) is 11.5 Å². The summed E-state index contributed by atoms with van der Waals surface area (Å²) < 4.78 is 5.15. The Morgan fingerprint density at radius 3 is 3.06 bits per heavy atom. The molecule has 0 aliphatic heterocycles. The maximum Gasteiger partial charge on any atom is 0.258 e. The normalized spacial score (nSPS) is 10.6. The molecule has 1 heterocycles. The van der Waals surface area contributed by atoms with Gasteiger partial charge in [-0.25, -0.2) is 0 Å². The number of benzene rings is 1. The van der Waals surface area contributed by atoms with Gasteiger partial charge >= 0.3 is 0 Å². The zero-order chi connectivity index (χ0) is 12.1. The van der Waals surface area contributed by atoms with Crippen LogP contribution >= 0.6 is 11.8 Å². The standard InChI is InChI=1S/C12H14N2O2S/c1-2-6-17-8-11-13-12(16-14-11)9-4-3-5-10(15)7-9/h3-5,7,15H,2,6,8H2,1H3. The third-order valence-corrected chi connectivity index (χ3v) is 3.30. The molecule has 0 spiro atoms. The Morgan fingerprint density at radius 1 is 1.41 bits per heavy atom. The molecule has 17 heavy (non-hydrogen) atoms. The molecule has 0 unspecified atom stereocenters. The molecule has 0 aliphatic rings. The number of rotatable bonds is 5. The molecule has 1 N–H and O–H groups in total. The minimum atomic E-state index is 0.197. The molecule has 0 atom stereocenters. The zero-order valence-electron chi connectivity index (χ0n) is 9.59. The van der Waals surface area contributed by atoms with Gasteiger partial charge in [0.1, 0.15) is 5.75 Å².